The number of hydrogen-bond donors (Lipinski definition) is 0. The summed E-state index contributed by atoms with van der Waals surface area (Å²) in [7, 11) is 0. The number of nitrogens with zero attached hydrogens (tertiary/aromatic N) is 1. The highest BCUT2D eigenvalue weighted by molar-refractivity contribution is 5.82. The van der Waals surface area contributed by atoms with Gasteiger partial charge in [0.2, 0.25) is 0 Å². The zero-order valence-corrected chi connectivity index (χ0v) is 7.97. The summed E-state index contributed by atoms with van der Waals surface area (Å²) < 4.78 is 5.67. The van der Waals surface area contributed by atoms with Crippen molar-refractivity contribution in [1.29, 1.82) is 0 Å². The summed E-state index contributed by atoms with van der Waals surface area (Å²) in [6.45, 7) is 0. The van der Waals surface area contributed by atoms with Crippen LogP contribution in [0.25, 0.3) is 22.3 Å². The predicted octanol–water partition coefficient (Wildman–Crippen LogP) is 3.29. The van der Waals surface area contributed by atoms with Gasteiger partial charge in [-0.1, -0.05) is 18.2 Å². The van der Waals surface area contributed by atoms with Gasteiger partial charge in [-0.15, -0.1) is 0 Å². The van der Waals surface area contributed by atoms with Gasteiger partial charge in [-0.05, 0) is 18.2 Å². The highest BCUT2D eigenvalue weighted by atomic mass is 16.3. The molecular formula is C13H8NO. The van der Waals surface area contributed by atoms with E-state index in [1.54, 1.807) is 12.4 Å². The molecule has 2 heteroatoms. The number of para-hydroxylation sites is 1. The second-order valence-corrected chi connectivity index (χ2v) is 3.30. The third-order valence-electron chi connectivity index (χ3n) is 2.31. The molecule has 1 radical (unpaired) electrons. The summed E-state index contributed by atoms with van der Waals surface area (Å²) in [5.41, 5.74) is 1.83. The summed E-state index contributed by atoms with van der Waals surface area (Å²) in [6, 6.07) is 14.7. The Kier molecular flexibility index (Phi) is 1.78. The average Bonchev–Trinajstić information content (AvgIpc) is 2.74. The van der Waals surface area contributed by atoms with Crippen molar-refractivity contribution < 1.29 is 4.42 Å². The molecule has 0 aliphatic rings. The second kappa shape index (κ2) is 3.24. The first kappa shape index (κ1) is 8.24. The van der Waals surface area contributed by atoms with Crippen molar-refractivity contribution in [2.75, 3.05) is 0 Å². The number of rotatable bonds is 1. The van der Waals surface area contributed by atoms with E-state index in [1.165, 1.54) is 0 Å². The molecule has 0 spiro atoms. The molecule has 15 heavy (non-hydrogen) atoms. The fourth-order valence-corrected chi connectivity index (χ4v) is 1.58. The molecule has 2 nitrogen and oxygen atoms in total. The van der Waals surface area contributed by atoms with Gasteiger partial charge in [-0.2, -0.15) is 0 Å². The number of fused-ring (bicyclic) bond motifs is 1. The van der Waals surface area contributed by atoms with Crippen LogP contribution in [-0.2, 0) is 0 Å². The van der Waals surface area contributed by atoms with Crippen LogP contribution >= 0.6 is 0 Å². The van der Waals surface area contributed by atoms with Crippen LogP contribution in [0.4, 0.5) is 0 Å². The molecule has 0 N–H and O–H groups in total. The highest BCUT2D eigenvalue weighted by Crippen LogP contribution is 2.26. The number of furan rings is 1. The van der Waals surface area contributed by atoms with E-state index >= 15 is 0 Å². The largest absolute Gasteiger partial charge is 0.455 e. The second-order valence-electron chi connectivity index (χ2n) is 3.30. The molecule has 1 aromatic carbocycles. The molecule has 0 saturated heterocycles. The Morgan fingerprint density at radius 1 is 1.13 bits per heavy atom. The first-order chi connectivity index (χ1) is 7.43. The van der Waals surface area contributed by atoms with Crippen LogP contribution < -0.4 is 0 Å². The van der Waals surface area contributed by atoms with E-state index in [1.807, 2.05) is 36.4 Å². The summed E-state index contributed by atoms with van der Waals surface area (Å²) >= 11 is 0. The van der Waals surface area contributed by atoms with E-state index in [0.717, 1.165) is 22.3 Å². The Balaban J connectivity index is 2.21. The van der Waals surface area contributed by atoms with E-state index in [0.29, 0.717) is 0 Å². The molecule has 2 heterocycles. The fourth-order valence-electron chi connectivity index (χ4n) is 1.58. The predicted molar refractivity (Wildman–Crippen MR) is 58.3 cm³/mol. The third-order valence-corrected chi connectivity index (χ3v) is 2.31. The number of pyridine rings is 1. The lowest BCUT2D eigenvalue weighted by molar-refractivity contribution is 0.631. The first-order valence-corrected chi connectivity index (χ1v) is 4.74. The number of aromatic nitrogens is 1. The summed E-state index contributed by atoms with van der Waals surface area (Å²) in [4.78, 5) is 3.98. The zero-order chi connectivity index (χ0) is 10.1. The molecule has 0 aliphatic carbocycles. The monoisotopic (exact) mass is 194 g/mol. The molecule has 0 bridgehead atoms. The fraction of sp³-hybridized carbons (Fsp3) is 0. The normalized spacial score (nSPS) is 10.7. The topological polar surface area (TPSA) is 26.0 Å². The molecule has 0 amide bonds. The van der Waals surface area contributed by atoms with E-state index in [9.17, 15) is 0 Å². The smallest absolute Gasteiger partial charge is 0.142 e. The number of benzene rings is 1. The highest BCUT2D eigenvalue weighted by Gasteiger charge is 2.04. The molecule has 3 rings (SSSR count). The van der Waals surface area contributed by atoms with Crippen LogP contribution in [-0.4, -0.2) is 4.98 Å². The summed E-state index contributed by atoms with van der Waals surface area (Å²) in [5, 5.41) is 1.07. The van der Waals surface area contributed by atoms with Gasteiger partial charge in [-0.3, -0.25) is 4.98 Å². The van der Waals surface area contributed by atoms with Crippen LogP contribution in [0.15, 0.2) is 53.2 Å². The quantitative estimate of drug-likeness (QED) is 0.594. The van der Waals surface area contributed by atoms with E-state index in [4.69, 9.17) is 4.42 Å². The van der Waals surface area contributed by atoms with Gasteiger partial charge >= 0.3 is 0 Å². The minimum atomic E-state index is 0.796. The van der Waals surface area contributed by atoms with Gasteiger partial charge in [-0.25, -0.2) is 0 Å². The van der Waals surface area contributed by atoms with Crippen molar-refractivity contribution in [2.45, 2.75) is 0 Å². The molecule has 71 valence electrons. The maximum absolute atomic E-state index is 5.67. The minimum absolute atomic E-state index is 0.796. The Bertz CT molecular complexity index is 551. The van der Waals surface area contributed by atoms with E-state index < -0.39 is 0 Å². The lowest BCUT2D eigenvalue weighted by Gasteiger charge is -1.92. The van der Waals surface area contributed by atoms with E-state index in [2.05, 4.69) is 11.1 Å². The Labute approximate surface area is 87.2 Å². The van der Waals surface area contributed by atoms with Crippen LogP contribution in [0, 0.1) is 6.07 Å². The summed E-state index contributed by atoms with van der Waals surface area (Å²) in [6.07, 6.45) is 3.51. The van der Waals surface area contributed by atoms with Gasteiger partial charge < -0.3 is 4.42 Å². The molecule has 0 atom stereocenters. The molecular weight excluding hydrogens is 186 g/mol. The zero-order valence-electron chi connectivity index (χ0n) is 7.97. The van der Waals surface area contributed by atoms with Gasteiger partial charge in [0.25, 0.3) is 0 Å². The lowest BCUT2D eigenvalue weighted by Crippen LogP contribution is -1.72. The van der Waals surface area contributed by atoms with Gasteiger partial charge in [0.15, 0.2) is 0 Å². The van der Waals surface area contributed by atoms with Crippen LogP contribution in [0.5, 0.6) is 0 Å². The lowest BCUT2D eigenvalue weighted by atomic mass is 10.2. The Hall–Kier alpha value is -2.09. The van der Waals surface area contributed by atoms with Crippen LogP contribution in [0.2, 0.25) is 0 Å². The van der Waals surface area contributed by atoms with E-state index in [-0.39, 0.29) is 0 Å². The standard InChI is InChI=1S/C13H8NO/c1-2-4-12-11(3-1)9-13(15-12)10-5-7-14-8-6-10/h1-3,5-9H. The van der Waals surface area contributed by atoms with Crippen molar-refractivity contribution >= 4 is 11.0 Å². The Morgan fingerprint density at radius 3 is 2.80 bits per heavy atom. The maximum Gasteiger partial charge on any atom is 0.142 e. The van der Waals surface area contributed by atoms with Crippen molar-refractivity contribution in [2.24, 2.45) is 0 Å². The van der Waals surface area contributed by atoms with Gasteiger partial charge in [0.1, 0.15) is 11.3 Å². The first-order valence-electron chi connectivity index (χ1n) is 4.74. The molecule has 2 aromatic heterocycles. The van der Waals surface area contributed by atoms with Crippen molar-refractivity contribution in [3.05, 3.63) is 54.9 Å². The Morgan fingerprint density at radius 2 is 2.00 bits per heavy atom. The van der Waals surface area contributed by atoms with Crippen molar-refractivity contribution in [1.82, 2.24) is 4.98 Å². The molecule has 0 unspecified atom stereocenters. The minimum Gasteiger partial charge on any atom is -0.455 e. The van der Waals surface area contributed by atoms with Crippen molar-refractivity contribution in [3.8, 4) is 11.3 Å². The molecule has 3 aromatic rings. The maximum atomic E-state index is 5.67. The van der Waals surface area contributed by atoms with Crippen LogP contribution in [0.1, 0.15) is 0 Å². The van der Waals surface area contributed by atoms with Crippen LogP contribution in [0.3, 0.4) is 0 Å². The van der Waals surface area contributed by atoms with Gasteiger partial charge in [0.05, 0.1) is 0 Å². The van der Waals surface area contributed by atoms with Crippen molar-refractivity contribution in [3.63, 3.8) is 0 Å². The van der Waals surface area contributed by atoms with Gasteiger partial charge in [0, 0.05) is 29.4 Å². The third kappa shape index (κ3) is 1.40. The molecule has 0 fully saturated rings. The molecule has 0 aliphatic heterocycles. The summed E-state index contributed by atoms with van der Waals surface area (Å²) in [5.74, 6) is 0.856. The average molecular weight is 194 g/mol. The SMILES string of the molecule is [c]1cccc2cc(-c3ccncc3)oc12. The molecule has 0 saturated carbocycles. The number of hydrogen-bond acceptors (Lipinski definition) is 2.